The fourth-order valence-electron chi connectivity index (χ4n) is 1.65. The van der Waals surface area contributed by atoms with Gasteiger partial charge in [-0.3, -0.25) is 5.84 Å². The minimum Gasteiger partial charge on any atom is -0.321 e. The molecule has 2 aromatic heterocycles. The lowest BCUT2D eigenvalue weighted by Crippen LogP contribution is -2.20. The van der Waals surface area contributed by atoms with E-state index in [1.54, 1.807) is 26.0 Å². The van der Waals surface area contributed by atoms with Crippen LogP contribution in [0.3, 0.4) is 0 Å². The van der Waals surface area contributed by atoms with Crippen LogP contribution in [0.1, 0.15) is 11.4 Å². The van der Waals surface area contributed by atoms with Crippen LogP contribution >= 0.6 is 0 Å². The molecule has 0 aliphatic heterocycles. The van der Waals surface area contributed by atoms with E-state index < -0.39 is 10.0 Å². The van der Waals surface area contributed by atoms with Gasteiger partial charge in [-0.2, -0.15) is 8.42 Å². The third-order valence-electron chi connectivity index (χ3n) is 2.39. The Balaban J connectivity index is 2.41. The van der Waals surface area contributed by atoms with Gasteiger partial charge in [0.1, 0.15) is 0 Å². The van der Waals surface area contributed by atoms with Crippen molar-refractivity contribution < 1.29 is 8.42 Å². The lowest BCUT2D eigenvalue weighted by atomic mass is 10.4. The molecule has 0 fully saturated rings. The summed E-state index contributed by atoms with van der Waals surface area (Å²) in [5, 5.41) is -0.217. The number of hydrogen-bond acceptors (Lipinski definition) is 7. The highest BCUT2D eigenvalue weighted by Crippen LogP contribution is 2.19. The van der Waals surface area contributed by atoms with E-state index in [4.69, 9.17) is 5.84 Å². The Labute approximate surface area is 116 Å². The number of nitrogens with zero attached hydrogens (tertiary/aromatic N) is 3. The molecule has 9 heteroatoms. The standard InChI is InChI=1S/C11H14N6O2S/c1-7-6-8(2)15-11(14-7)17-20(18,19)10-9(16-12)4-3-5-13-10/h3-6,16H,12H2,1-2H3,(H,14,15,17). The van der Waals surface area contributed by atoms with E-state index in [-0.39, 0.29) is 16.7 Å². The molecule has 0 saturated heterocycles. The second kappa shape index (κ2) is 5.39. The van der Waals surface area contributed by atoms with Gasteiger partial charge in [0.25, 0.3) is 10.0 Å². The highest BCUT2D eigenvalue weighted by atomic mass is 32.2. The lowest BCUT2D eigenvalue weighted by molar-refractivity contribution is 0.597. The maximum atomic E-state index is 12.3. The smallest absolute Gasteiger partial charge is 0.283 e. The van der Waals surface area contributed by atoms with Crippen LogP contribution in [0.15, 0.2) is 29.4 Å². The minimum atomic E-state index is -3.92. The Morgan fingerprint density at radius 1 is 1.20 bits per heavy atom. The van der Waals surface area contributed by atoms with Gasteiger partial charge in [-0.15, -0.1) is 0 Å². The lowest BCUT2D eigenvalue weighted by Gasteiger charge is -2.10. The van der Waals surface area contributed by atoms with Crippen molar-refractivity contribution in [1.29, 1.82) is 0 Å². The van der Waals surface area contributed by atoms with E-state index >= 15 is 0 Å². The zero-order valence-corrected chi connectivity index (χ0v) is 11.8. The first-order valence-corrected chi connectivity index (χ1v) is 7.17. The Kier molecular flexibility index (Phi) is 3.81. The maximum Gasteiger partial charge on any atom is 0.283 e. The van der Waals surface area contributed by atoms with Crippen LogP contribution in [0.4, 0.5) is 11.6 Å². The number of pyridine rings is 1. The Bertz CT molecular complexity index is 711. The summed E-state index contributed by atoms with van der Waals surface area (Å²) < 4.78 is 26.8. The summed E-state index contributed by atoms with van der Waals surface area (Å²) in [6, 6.07) is 4.82. The predicted molar refractivity (Wildman–Crippen MR) is 74.4 cm³/mol. The second-order valence-electron chi connectivity index (χ2n) is 4.08. The first-order valence-electron chi connectivity index (χ1n) is 5.69. The molecule has 0 aromatic carbocycles. The van der Waals surface area contributed by atoms with Crippen LogP contribution in [-0.4, -0.2) is 23.4 Å². The molecule has 0 aliphatic rings. The van der Waals surface area contributed by atoms with Gasteiger partial charge < -0.3 is 5.43 Å². The number of aryl methyl sites for hydroxylation is 2. The summed E-state index contributed by atoms with van der Waals surface area (Å²) in [7, 11) is -3.92. The molecule has 0 radical (unpaired) electrons. The number of anilines is 2. The highest BCUT2D eigenvalue weighted by Gasteiger charge is 2.21. The maximum absolute atomic E-state index is 12.3. The van der Waals surface area contributed by atoms with Crippen LogP contribution in [0.5, 0.6) is 0 Å². The first kappa shape index (κ1) is 14.2. The monoisotopic (exact) mass is 294 g/mol. The van der Waals surface area contributed by atoms with Crippen molar-refractivity contribution in [2.75, 3.05) is 10.1 Å². The summed E-state index contributed by atoms with van der Waals surface area (Å²) in [5.74, 6) is 5.27. The quantitative estimate of drug-likeness (QED) is 0.556. The Hall–Kier alpha value is -2.26. The summed E-state index contributed by atoms with van der Waals surface area (Å²) in [5.41, 5.74) is 3.79. The molecule has 0 atom stereocenters. The van der Waals surface area contributed by atoms with Crippen molar-refractivity contribution in [2.45, 2.75) is 18.9 Å². The third kappa shape index (κ3) is 3.00. The third-order valence-corrected chi connectivity index (χ3v) is 3.67. The van der Waals surface area contributed by atoms with E-state index in [0.29, 0.717) is 11.4 Å². The number of rotatable bonds is 4. The number of nitrogens with two attached hydrogens (primary N) is 1. The molecule has 2 heterocycles. The molecular weight excluding hydrogens is 280 g/mol. The Morgan fingerprint density at radius 2 is 1.85 bits per heavy atom. The first-order chi connectivity index (χ1) is 9.42. The summed E-state index contributed by atoms with van der Waals surface area (Å²) in [4.78, 5) is 11.9. The largest absolute Gasteiger partial charge is 0.321 e. The van der Waals surface area contributed by atoms with E-state index in [9.17, 15) is 8.42 Å². The predicted octanol–water partition coefficient (Wildman–Crippen LogP) is 0.575. The van der Waals surface area contributed by atoms with Gasteiger partial charge in [-0.25, -0.2) is 19.7 Å². The van der Waals surface area contributed by atoms with E-state index in [1.165, 1.54) is 12.3 Å². The fraction of sp³-hybridized carbons (Fsp3) is 0.182. The van der Waals surface area contributed by atoms with Crippen molar-refractivity contribution in [2.24, 2.45) is 5.84 Å². The number of hydrogen-bond donors (Lipinski definition) is 3. The zero-order valence-electron chi connectivity index (χ0n) is 11.0. The number of nitrogens with one attached hydrogen (secondary N) is 2. The van der Waals surface area contributed by atoms with E-state index in [0.717, 1.165) is 0 Å². The van der Waals surface area contributed by atoms with Crippen molar-refractivity contribution in [3.63, 3.8) is 0 Å². The van der Waals surface area contributed by atoms with Crippen LogP contribution in [0, 0.1) is 13.8 Å². The van der Waals surface area contributed by atoms with Crippen LogP contribution in [0.25, 0.3) is 0 Å². The summed E-state index contributed by atoms with van der Waals surface area (Å²) >= 11 is 0. The normalized spacial score (nSPS) is 11.2. The second-order valence-corrected chi connectivity index (χ2v) is 5.68. The van der Waals surface area contributed by atoms with Crippen molar-refractivity contribution in [3.8, 4) is 0 Å². The molecule has 2 aromatic rings. The molecule has 106 valence electrons. The minimum absolute atomic E-state index is 0.00359. The summed E-state index contributed by atoms with van der Waals surface area (Å²) in [6.45, 7) is 3.50. The molecule has 2 rings (SSSR count). The number of hydrazine groups is 1. The number of aromatic nitrogens is 3. The molecule has 0 bridgehead atoms. The zero-order chi connectivity index (χ0) is 14.8. The van der Waals surface area contributed by atoms with Crippen molar-refractivity contribution >= 4 is 21.7 Å². The highest BCUT2D eigenvalue weighted by molar-refractivity contribution is 7.92. The van der Waals surface area contributed by atoms with Crippen molar-refractivity contribution in [1.82, 2.24) is 15.0 Å². The molecule has 4 N–H and O–H groups in total. The molecular formula is C11H14N6O2S. The van der Waals surface area contributed by atoms with Gasteiger partial charge in [0, 0.05) is 17.6 Å². The van der Waals surface area contributed by atoms with Gasteiger partial charge in [0.05, 0.1) is 5.69 Å². The number of nitrogen functional groups attached to an aromatic ring is 1. The Morgan fingerprint density at radius 3 is 2.45 bits per heavy atom. The SMILES string of the molecule is Cc1cc(C)nc(NS(=O)(=O)c2ncccc2NN)n1. The molecule has 0 aliphatic carbocycles. The van der Waals surface area contributed by atoms with Gasteiger partial charge in [-0.05, 0) is 32.0 Å². The van der Waals surface area contributed by atoms with Gasteiger partial charge in [0.2, 0.25) is 11.0 Å². The fourth-order valence-corrected chi connectivity index (χ4v) is 2.70. The van der Waals surface area contributed by atoms with Gasteiger partial charge >= 0.3 is 0 Å². The molecule has 8 nitrogen and oxygen atoms in total. The van der Waals surface area contributed by atoms with Crippen molar-refractivity contribution in [3.05, 3.63) is 35.8 Å². The van der Waals surface area contributed by atoms with Crippen LogP contribution in [-0.2, 0) is 10.0 Å². The van der Waals surface area contributed by atoms with Gasteiger partial charge in [0.15, 0.2) is 0 Å². The molecule has 20 heavy (non-hydrogen) atoms. The summed E-state index contributed by atoms with van der Waals surface area (Å²) in [6.07, 6.45) is 1.36. The van der Waals surface area contributed by atoms with Crippen LogP contribution < -0.4 is 16.0 Å². The number of sulfonamides is 1. The van der Waals surface area contributed by atoms with E-state index in [2.05, 4.69) is 25.1 Å². The molecule has 0 unspecified atom stereocenters. The molecule has 0 spiro atoms. The van der Waals surface area contributed by atoms with Gasteiger partial charge in [-0.1, -0.05) is 0 Å². The van der Waals surface area contributed by atoms with E-state index in [1.807, 2.05) is 0 Å². The average Bonchev–Trinajstić information content (AvgIpc) is 2.36. The topological polar surface area (TPSA) is 123 Å². The average molecular weight is 294 g/mol. The van der Waals surface area contributed by atoms with Crippen LogP contribution in [0.2, 0.25) is 0 Å². The molecule has 0 amide bonds. The molecule has 0 saturated carbocycles.